The van der Waals surface area contributed by atoms with Crippen LogP contribution < -0.4 is 30.7 Å². The first-order valence-electron chi connectivity index (χ1n) is 25.7. The van der Waals surface area contributed by atoms with Crippen LogP contribution in [0.1, 0.15) is 125 Å². The molecule has 4 unspecified atom stereocenters. The molecule has 5 N–H and O–H groups in total. The summed E-state index contributed by atoms with van der Waals surface area (Å²) in [7, 11) is 1.31. The molecule has 6 aliphatic rings. The van der Waals surface area contributed by atoms with Gasteiger partial charge in [-0.25, -0.2) is 9.59 Å². The Morgan fingerprint density at radius 3 is 1.31 bits per heavy atom. The average molecular weight is 971 g/mol. The van der Waals surface area contributed by atoms with Crippen LogP contribution in [0.3, 0.4) is 0 Å². The van der Waals surface area contributed by atoms with Gasteiger partial charge in [0, 0.05) is 25.7 Å². The third kappa shape index (κ3) is 16.2. The Morgan fingerprint density at radius 1 is 0.479 bits per heavy atom. The van der Waals surface area contributed by atoms with Gasteiger partial charge >= 0.3 is 11.9 Å². The fourth-order valence-electron chi connectivity index (χ4n) is 10.2. The maximum absolute atomic E-state index is 13.5. The number of esters is 1. The first kappa shape index (κ1) is 52.1. The molecule has 4 amide bonds. The van der Waals surface area contributed by atoms with Gasteiger partial charge < -0.3 is 40.6 Å². The van der Waals surface area contributed by atoms with Gasteiger partial charge in [-0.05, 0) is 147 Å². The summed E-state index contributed by atoms with van der Waals surface area (Å²) in [5, 5.41) is 21.4. The zero-order valence-corrected chi connectivity index (χ0v) is 41.0. The van der Waals surface area contributed by atoms with Gasteiger partial charge in [0.1, 0.15) is 47.2 Å². The molecule has 0 saturated heterocycles. The van der Waals surface area contributed by atoms with E-state index < -0.39 is 42.0 Å². The molecule has 4 aliphatic heterocycles. The second-order valence-electron chi connectivity index (χ2n) is 19.5. The number of rotatable bonds is 4. The van der Waals surface area contributed by atoms with Gasteiger partial charge in [0.05, 0.1) is 7.11 Å². The number of hydrogen-bond donors (Lipinski definition) is 5. The molecule has 0 aromatic heterocycles. The van der Waals surface area contributed by atoms with Crippen LogP contribution in [-0.2, 0) is 59.2 Å². The molecule has 8 bridgehead atoms. The van der Waals surface area contributed by atoms with Crippen molar-refractivity contribution in [2.45, 2.75) is 153 Å². The Labute approximate surface area is 417 Å². The third-order valence-corrected chi connectivity index (χ3v) is 14.1. The molecule has 4 heterocycles. The van der Waals surface area contributed by atoms with Crippen LogP contribution in [-0.4, -0.2) is 72.0 Å². The molecule has 2 aliphatic carbocycles. The Hall–Kier alpha value is -6.70. The lowest BCUT2D eigenvalue weighted by atomic mass is 9.83. The highest BCUT2D eigenvalue weighted by molar-refractivity contribution is 5.92. The van der Waals surface area contributed by atoms with Crippen molar-refractivity contribution in [1.29, 1.82) is 0 Å². The second kappa shape index (κ2) is 26.5. The number of aryl methyl sites for hydroxylation is 2. The van der Waals surface area contributed by atoms with Gasteiger partial charge in [0.15, 0.2) is 0 Å². The zero-order chi connectivity index (χ0) is 50.0. The van der Waals surface area contributed by atoms with Gasteiger partial charge in [-0.2, -0.15) is 0 Å². The van der Waals surface area contributed by atoms with Crippen molar-refractivity contribution in [1.82, 2.24) is 21.3 Å². The number of carboxylic acids is 1. The van der Waals surface area contributed by atoms with E-state index in [1.807, 2.05) is 91.0 Å². The number of amides is 4. The number of ether oxygens (including phenoxy) is 3. The predicted octanol–water partition coefficient (Wildman–Crippen LogP) is 8.85. The molecule has 14 heteroatoms. The summed E-state index contributed by atoms with van der Waals surface area (Å²) in [5.41, 5.74) is 3.93. The lowest BCUT2D eigenvalue weighted by Crippen LogP contribution is -2.55. The number of nitrogens with one attached hydrogen (secondary N) is 4. The van der Waals surface area contributed by atoms with E-state index in [9.17, 15) is 33.9 Å². The van der Waals surface area contributed by atoms with Gasteiger partial charge in [-0.3, -0.25) is 19.2 Å². The van der Waals surface area contributed by atoms with Crippen LogP contribution in [0.2, 0.25) is 0 Å². The van der Waals surface area contributed by atoms with Crippen molar-refractivity contribution in [2.75, 3.05) is 7.11 Å². The van der Waals surface area contributed by atoms with Crippen molar-refractivity contribution in [3.05, 3.63) is 119 Å². The fraction of sp³-hybridized carbons (Fsp3) is 0.474. The smallest absolute Gasteiger partial charge is 0.328 e. The quantitative estimate of drug-likeness (QED) is 0.123. The summed E-state index contributed by atoms with van der Waals surface area (Å²) in [6, 6.07) is 27.2. The summed E-state index contributed by atoms with van der Waals surface area (Å²) in [6.07, 6.45) is 15.8. The lowest BCUT2D eigenvalue weighted by molar-refractivity contribution is -0.145. The first-order chi connectivity index (χ1) is 34.5. The van der Waals surface area contributed by atoms with Crippen LogP contribution in [0.25, 0.3) is 0 Å². The van der Waals surface area contributed by atoms with Crippen molar-refractivity contribution in [2.24, 2.45) is 11.8 Å². The summed E-state index contributed by atoms with van der Waals surface area (Å²) in [4.78, 5) is 77.0. The molecule has 2 saturated carbocycles. The molecular weight excluding hydrogens is 901 g/mol. The average Bonchev–Trinajstić information content (AvgIpc) is 3.38. The normalized spacial score (nSPS) is 22.4. The van der Waals surface area contributed by atoms with Gasteiger partial charge in [0.2, 0.25) is 23.6 Å². The fourth-order valence-corrected chi connectivity index (χ4v) is 10.2. The Balaban J connectivity index is 0.000000209. The van der Waals surface area contributed by atoms with Crippen LogP contribution in [0.4, 0.5) is 0 Å². The molecule has 378 valence electrons. The van der Waals surface area contributed by atoms with Crippen LogP contribution in [0, 0.1) is 11.8 Å². The first-order valence-corrected chi connectivity index (χ1v) is 25.7. The van der Waals surface area contributed by atoms with E-state index in [1.165, 1.54) is 18.2 Å². The maximum Gasteiger partial charge on any atom is 0.328 e. The number of carboxylic acid groups (broad SMARTS) is 1. The van der Waals surface area contributed by atoms with Crippen LogP contribution in [0.15, 0.2) is 97.1 Å². The minimum atomic E-state index is -1.11. The minimum Gasteiger partial charge on any atom is -0.480 e. The van der Waals surface area contributed by atoms with Crippen molar-refractivity contribution in [3.8, 4) is 23.0 Å². The molecule has 0 spiro atoms. The highest BCUT2D eigenvalue weighted by Crippen LogP contribution is 2.30. The summed E-state index contributed by atoms with van der Waals surface area (Å²) >= 11 is 0. The maximum atomic E-state index is 13.5. The number of benzene rings is 4. The monoisotopic (exact) mass is 971 g/mol. The predicted molar refractivity (Wildman–Crippen MR) is 269 cm³/mol. The number of hydrogen-bond acceptors (Lipinski definition) is 9. The largest absolute Gasteiger partial charge is 0.480 e. The van der Waals surface area contributed by atoms with E-state index in [4.69, 9.17) is 14.2 Å². The van der Waals surface area contributed by atoms with Crippen molar-refractivity contribution in [3.63, 3.8) is 0 Å². The number of fused-ring (bicyclic) bond motifs is 24. The van der Waals surface area contributed by atoms with Crippen molar-refractivity contribution >= 4 is 35.6 Å². The molecule has 4 aromatic carbocycles. The van der Waals surface area contributed by atoms with Crippen LogP contribution >= 0.6 is 0 Å². The van der Waals surface area contributed by atoms with Gasteiger partial charge in [-0.15, -0.1) is 0 Å². The van der Waals surface area contributed by atoms with E-state index in [0.29, 0.717) is 36.5 Å². The molecule has 10 rings (SSSR count). The third-order valence-electron chi connectivity index (χ3n) is 14.1. The highest BCUT2D eigenvalue weighted by atomic mass is 16.5. The molecular formula is C57H70N4O10. The topological polar surface area (TPSA) is 198 Å². The molecule has 4 atom stereocenters. The standard InChI is InChI=1S/C29H36N2O5.C28H34N2O5/c1-35-29(34)25-19-21-9-7-12-24(18-21)36-23-16-14-20(15-17-23)8-5-6-13-26(32)31-27(28(33)30-25)22-10-3-2-4-11-22;31-25-12-5-4-7-19-13-15-22(16-14-19)35-23-11-6-8-20(17-23)18-24(28(33)34)29-27(32)26(30-25)21-9-2-1-3-10-21/h7,9,12,14-18,22,25,27H,2-6,8,10-11,13,19H2,1H3,(H,30,33)(H,31,32);6,8,11,13-17,21,24,26H,1-5,7,9-10,12,18H2,(H,29,32)(H,30,31)(H,33,34). The number of carbonyl (C=O) groups excluding carboxylic acids is 5. The minimum absolute atomic E-state index is 0.0197. The molecule has 0 radical (unpaired) electrons. The number of carbonyl (C=O) groups is 6. The Kier molecular flexibility index (Phi) is 19.5. The van der Waals surface area contributed by atoms with E-state index >= 15 is 0 Å². The second-order valence-corrected chi connectivity index (χ2v) is 19.5. The highest BCUT2D eigenvalue weighted by Gasteiger charge is 2.35. The SMILES string of the molecule is COC(=O)C1Cc2cccc(c2)Oc2ccc(cc2)CCCCC(=O)NC(C2CCCCC2)C(=O)N1.O=C1CCCCc2ccc(cc2)Oc2cccc(c2)CC(C(=O)O)NC(=O)C(C2CCCCC2)N1. The van der Waals surface area contributed by atoms with E-state index in [-0.39, 0.29) is 42.4 Å². The van der Waals surface area contributed by atoms with E-state index in [1.54, 1.807) is 6.07 Å². The van der Waals surface area contributed by atoms with E-state index in [0.717, 1.165) is 113 Å². The lowest BCUT2D eigenvalue weighted by Gasteiger charge is -2.31. The summed E-state index contributed by atoms with van der Waals surface area (Å²) in [5.74, 6) is 0.108. The summed E-state index contributed by atoms with van der Waals surface area (Å²) in [6.45, 7) is 0. The molecule has 2 fully saturated rings. The molecule has 71 heavy (non-hydrogen) atoms. The van der Waals surface area contributed by atoms with Gasteiger partial charge in [-0.1, -0.05) is 87.1 Å². The van der Waals surface area contributed by atoms with Crippen molar-refractivity contribution < 1.29 is 48.1 Å². The molecule has 14 nitrogen and oxygen atoms in total. The number of methoxy groups -OCH3 is 1. The summed E-state index contributed by atoms with van der Waals surface area (Å²) < 4.78 is 17.0. The Bertz CT molecular complexity index is 2410. The van der Waals surface area contributed by atoms with Gasteiger partial charge in [0.25, 0.3) is 0 Å². The van der Waals surface area contributed by atoms with Crippen LogP contribution in [0.5, 0.6) is 23.0 Å². The number of aliphatic carboxylic acids is 1. The zero-order valence-electron chi connectivity index (χ0n) is 41.0. The van der Waals surface area contributed by atoms with E-state index in [2.05, 4.69) is 21.3 Å². The molecule has 4 aromatic rings. The Morgan fingerprint density at radius 2 is 0.887 bits per heavy atom.